The summed E-state index contributed by atoms with van der Waals surface area (Å²) in [7, 11) is -4.12. The molecular formula is C18H15Cl2NO3S. The van der Waals surface area contributed by atoms with Crippen LogP contribution in [0.5, 0.6) is 5.75 Å². The van der Waals surface area contributed by atoms with Crippen LogP contribution < -0.4 is 4.74 Å². The Morgan fingerprint density at radius 2 is 1.88 bits per heavy atom. The van der Waals surface area contributed by atoms with Crippen LogP contribution in [-0.4, -0.2) is 14.5 Å². The molecule has 0 N–H and O–H groups in total. The molecule has 130 valence electrons. The van der Waals surface area contributed by atoms with Crippen LogP contribution in [0, 0.1) is 11.3 Å². The third kappa shape index (κ3) is 4.55. The summed E-state index contributed by atoms with van der Waals surface area (Å²) in [5.41, 5.74) is 0.481. The maximum Gasteiger partial charge on any atom is 0.218 e. The van der Waals surface area contributed by atoms with Crippen molar-refractivity contribution in [3.63, 3.8) is 0 Å². The number of hydrogen-bond acceptors (Lipinski definition) is 4. The lowest BCUT2D eigenvalue weighted by molar-refractivity contribution is 0.242. The fraction of sp³-hybridized carbons (Fsp3) is 0.167. The maximum absolute atomic E-state index is 12.8. The smallest absolute Gasteiger partial charge is 0.218 e. The number of hydrogen-bond donors (Lipinski definition) is 0. The van der Waals surface area contributed by atoms with E-state index in [-0.39, 0.29) is 21.0 Å². The molecule has 0 atom stereocenters. The van der Waals surface area contributed by atoms with E-state index in [4.69, 9.17) is 27.9 Å². The first kappa shape index (κ1) is 19.3. The Morgan fingerprint density at radius 1 is 1.20 bits per heavy atom. The van der Waals surface area contributed by atoms with E-state index < -0.39 is 14.7 Å². The molecule has 0 amide bonds. The average molecular weight is 396 g/mol. The van der Waals surface area contributed by atoms with Gasteiger partial charge in [0.25, 0.3) is 0 Å². The molecular weight excluding hydrogens is 381 g/mol. The summed E-state index contributed by atoms with van der Waals surface area (Å²) < 4.78 is 31.3. The van der Waals surface area contributed by atoms with Gasteiger partial charge in [0.2, 0.25) is 9.84 Å². The Hall–Kier alpha value is -2.00. The van der Waals surface area contributed by atoms with E-state index in [1.807, 2.05) is 13.8 Å². The van der Waals surface area contributed by atoms with E-state index in [1.165, 1.54) is 24.3 Å². The fourth-order valence-electron chi connectivity index (χ4n) is 2.07. The SMILES string of the molecule is CC(C)Oc1ccccc1C=C(C#N)S(=O)(=O)c1cc(Cl)ccc1Cl. The topological polar surface area (TPSA) is 67.2 Å². The summed E-state index contributed by atoms with van der Waals surface area (Å²) in [6, 6.07) is 12.7. The van der Waals surface area contributed by atoms with E-state index in [2.05, 4.69) is 0 Å². The van der Waals surface area contributed by atoms with E-state index in [0.29, 0.717) is 11.3 Å². The molecule has 0 heterocycles. The van der Waals surface area contributed by atoms with Crippen LogP contribution in [0.3, 0.4) is 0 Å². The molecule has 0 saturated carbocycles. The molecule has 0 radical (unpaired) electrons. The molecule has 2 aromatic rings. The monoisotopic (exact) mass is 395 g/mol. The predicted octanol–water partition coefficient (Wildman–Crippen LogP) is 5.12. The van der Waals surface area contributed by atoms with Gasteiger partial charge in [0.1, 0.15) is 16.7 Å². The number of halogens is 2. The highest BCUT2D eigenvalue weighted by atomic mass is 35.5. The van der Waals surface area contributed by atoms with Gasteiger partial charge in [-0.1, -0.05) is 41.4 Å². The number of rotatable bonds is 5. The zero-order valence-corrected chi connectivity index (χ0v) is 15.9. The van der Waals surface area contributed by atoms with Crippen LogP contribution in [0.25, 0.3) is 6.08 Å². The fourth-order valence-corrected chi connectivity index (χ4v) is 3.98. The highest BCUT2D eigenvalue weighted by molar-refractivity contribution is 7.95. The van der Waals surface area contributed by atoms with Gasteiger partial charge in [-0.3, -0.25) is 0 Å². The minimum atomic E-state index is -4.12. The molecule has 25 heavy (non-hydrogen) atoms. The van der Waals surface area contributed by atoms with Gasteiger partial charge in [-0.15, -0.1) is 0 Å². The Bertz CT molecular complexity index is 961. The number of allylic oxidation sites excluding steroid dienone is 1. The normalized spacial score (nSPS) is 12.1. The lowest BCUT2D eigenvalue weighted by Crippen LogP contribution is -2.07. The summed E-state index contributed by atoms with van der Waals surface area (Å²) in [5, 5.41) is 9.61. The van der Waals surface area contributed by atoms with Gasteiger partial charge in [0.05, 0.1) is 16.0 Å². The first-order valence-electron chi connectivity index (χ1n) is 7.33. The van der Waals surface area contributed by atoms with Crippen molar-refractivity contribution in [2.24, 2.45) is 0 Å². The Morgan fingerprint density at radius 3 is 2.52 bits per heavy atom. The molecule has 0 aliphatic carbocycles. The van der Waals surface area contributed by atoms with Crippen molar-refractivity contribution in [1.82, 2.24) is 0 Å². The van der Waals surface area contributed by atoms with E-state index in [0.717, 1.165) is 0 Å². The van der Waals surface area contributed by atoms with Gasteiger partial charge >= 0.3 is 0 Å². The van der Waals surface area contributed by atoms with Gasteiger partial charge in [-0.25, -0.2) is 8.42 Å². The zero-order valence-electron chi connectivity index (χ0n) is 13.5. The predicted molar refractivity (Wildman–Crippen MR) is 99.4 cm³/mol. The van der Waals surface area contributed by atoms with Crippen LogP contribution in [0.4, 0.5) is 0 Å². The van der Waals surface area contributed by atoms with Crippen molar-refractivity contribution in [3.8, 4) is 11.8 Å². The number of ether oxygens (including phenoxy) is 1. The molecule has 2 rings (SSSR count). The summed E-state index contributed by atoms with van der Waals surface area (Å²) in [6.07, 6.45) is 1.17. The van der Waals surface area contributed by atoms with Gasteiger partial charge in [0.15, 0.2) is 0 Å². The molecule has 0 aromatic heterocycles. The highest BCUT2D eigenvalue weighted by Gasteiger charge is 2.24. The summed E-state index contributed by atoms with van der Waals surface area (Å²) >= 11 is 11.9. The standard InChI is InChI=1S/C18H15Cl2NO3S/c1-12(2)24-17-6-4-3-5-13(17)9-15(11-21)25(22,23)18-10-14(19)7-8-16(18)20/h3-10,12H,1-2H3. The second kappa shape index (κ2) is 7.92. The van der Waals surface area contributed by atoms with E-state index >= 15 is 0 Å². The number of para-hydroxylation sites is 1. The molecule has 2 aromatic carbocycles. The average Bonchev–Trinajstić information content (AvgIpc) is 2.55. The third-order valence-electron chi connectivity index (χ3n) is 3.15. The quantitative estimate of drug-likeness (QED) is 0.658. The molecule has 0 fully saturated rings. The van der Waals surface area contributed by atoms with Crippen molar-refractivity contribution in [2.75, 3.05) is 0 Å². The number of nitrogens with zero attached hydrogens (tertiary/aromatic N) is 1. The second-order valence-electron chi connectivity index (χ2n) is 5.40. The molecule has 0 spiro atoms. The summed E-state index contributed by atoms with van der Waals surface area (Å²) in [4.78, 5) is -0.659. The number of benzene rings is 2. The van der Waals surface area contributed by atoms with Crippen molar-refractivity contribution >= 4 is 39.1 Å². The van der Waals surface area contributed by atoms with Crippen molar-refractivity contribution < 1.29 is 13.2 Å². The van der Waals surface area contributed by atoms with Crippen molar-refractivity contribution in [2.45, 2.75) is 24.8 Å². The van der Waals surface area contributed by atoms with Crippen LogP contribution in [0.2, 0.25) is 10.0 Å². The summed E-state index contributed by atoms with van der Waals surface area (Å²) in [6.45, 7) is 3.71. The van der Waals surface area contributed by atoms with Crippen molar-refractivity contribution in [1.29, 1.82) is 5.26 Å². The Labute approximate surface area is 157 Å². The van der Waals surface area contributed by atoms with Crippen LogP contribution in [0.15, 0.2) is 52.3 Å². The largest absolute Gasteiger partial charge is 0.490 e. The maximum atomic E-state index is 12.8. The second-order valence-corrected chi connectivity index (χ2v) is 8.13. The third-order valence-corrected chi connectivity index (χ3v) is 5.53. The Balaban J connectivity index is 2.59. The number of nitriles is 1. The molecule has 0 bridgehead atoms. The minimum absolute atomic E-state index is 0.00253. The Kier molecular flexibility index (Phi) is 6.12. The van der Waals surface area contributed by atoms with E-state index in [1.54, 1.807) is 30.3 Å². The highest BCUT2D eigenvalue weighted by Crippen LogP contribution is 2.31. The molecule has 7 heteroatoms. The van der Waals surface area contributed by atoms with Gasteiger partial charge in [0, 0.05) is 10.6 Å². The summed E-state index contributed by atoms with van der Waals surface area (Å²) in [5.74, 6) is 0.484. The lowest BCUT2D eigenvalue weighted by atomic mass is 10.2. The molecule has 0 aliphatic rings. The first-order valence-corrected chi connectivity index (χ1v) is 9.57. The van der Waals surface area contributed by atoms with Crippen molar-refractivity contribution in [3.05, 3.63) is 63.0 Å². The van der Waals surface area contributed by atoms with E-state index in [9.17, 15) is 13.7 Å². The molecule has 0 saturated heterocycles. The zero-order chi connectivity index (χ0) is 18.6. The minimum Gasteiger partial charge on any atom is -0.490 e. The van der Waals surface area contributed by atoms with Gasteiger partial charge in [-0.2, -0.15) is 5.26 Å². The molecule has 0 unspecified atom stereocenters. The first-order chi connectivity index (χ1) is 11.8. The lowest BCUT2D eigenvalue weighted by Gasteiger charge is -2.12. The van der Waals surface area contributed by atoms with Gasteiger partial charge in [-0.05, 0) is 44.2 Å². The van der Waals surface area contributed by atoms with Crippen LogP contribution >= 0.6 is 23.2 Å². The molecule has 0 aliphatic heterocycles. The van der Waals surface area contributed by atoms with Crippen LogP contribution in [-0.2, 0) is 9.84 Å². The number of sulfone groups is 1. The van der Waals surface area contributed by atoms with Crippen LogP contribution in [0.1, 0.15) is 19.4 Å². The molecule has 4 nitrogen and oxygen atoms in total. The van der Waals surface area contributed by atoms with Gasteiger partial charge < -0.3 is 4.74 Å².